The molecule has 1 amide bonds. The van der Waals surface area contributed by atoms with E-state index in [0.29, 0.717) is 12.0 Å². The van der Waals surface area contributed by atoms with Crippen LogP contribution in [0.4, 0.5) is 18.9 Å². The molecule has 1 aromatic carbocycles. The van der Waals surface area contributed by atoms with Crippen molar-refractivity contribution in [2.24, 2.45) is 0 Å². The van der Waals surface area contributed by atoms with Gasteiger partial charge in [-0.3, -0.25) is 9.59 Å². The highest BCUT2D eigenvalue weighted by Crippen LogP contribution is 2.30. The van der Waals surface area contributed by atoms with E-state index in [1.807, 2.05) is 6.92 Å². The largest absolute Gasteiger partial charge is 0.471 e. The summed E-state index contributed by atoms with van der Waals surface area (Å²) in [6.45, 7) is 3.00. The number of Topliss-reactive ketones (excluding diaryl/α,β-unsaturated/α-hetero) is 1. The number of hydrogen-bond acceptors (Lipinski definition) is 2. The highest BCUT2D eigenvalue weighted by molar-refractivity contribution is 6.35. The highest BCUT2D eigenvalue weighted by Gasteiger charge is 2.39. The molecule has 104 valence electrons. The zero-order chi connectivity index (χ0) is 14.8. The van der Waals surface area contributed by atoms with Crippen molar-refractivity contribution in [3.05, 3.63) is 28.3 Å². The predicted octanol–water partition coefficient (Wildman–Crippen LogP) is 3.61. The predicted molar refractivity (Wildman–Crippen MR) is 65.5 cm³/mol. The second kappa shape index (κ2) is 5.61. The lowest BCUT2D eigenvalue weighted by molar-refractivity contribution is -0.167. The Morgan fingerprint density at radius 2 is 1.89 bits per heavy atom. The molecule has 0 radical (unpaired) electrons. The molecule has 0 aromatic heterocycles. The number of anilines is 1. The fourth-order valence-electron chi connectivity index (χ4n) is 1.46. The van der Waals surface area contributed by atoms with E-state index in [-0.39, 0.29) is 16.3 Å². The summed E-state index contributed by atoms with van der Waals surface area (Å²) >= 11 is 5.82. The van der Waals surface area contributed by atoms with Crippen LogP contribution in [0, 0.1) is 0 Å². The number of rotatable bonds is 3. The number of alkyl halides is 3. The number of nitrogens with one attached hydrogen (secondary N) is 1. The molecule has 7 heteroatoms. The van der Waals surface area contributed by atoms with Gasteiger partial charge in [0.2, 0.25) is 0 Å². The first-order chi connectivity index (χ1) is 8.66. The summed E-state index contributed by atoms with van der Waals surface area (Å²) in [6, 6.07) is 2.83. The zero-order valence-corrected chi connectivity index (χ0v) is 10.9. The van der Waals surface area contributed by atoms with Crippen LogP contribution in [0.2, 0.25) is 5.02 Å². The number of aryl methyl sites for hydroxylation is 1. The van der Waals surface area contributed by atoms with Crippen molar-refractivity contribution in [3.8, 4) is 0 Å². The molecule has 19 heavy (non-hydrogen) atoms. The average molecular weight is 294 g/mol. The van der Waals surface area contributed by atoms with E-state index >= 15 is 0 Å². The van der Waals surface area contributed by atoms with Crippen LogP contribution in [0.15, 0.2) is 12.1 Å². The normalized spacial score (nSPS) is 11.3. The van der Waals surface area contributed by atoms with Crippen molar-refractivity contribution >= 4 is 29.0 Å². The molecule has 1 aromatic rings. The third-order valence-corrected chi connectivity index (χ3v) is 2.73. The lowest BCUT2D eigenvalue weighted by Crippen LogP contribution is -2.30. The molecule has 0 atom stereocenters. The maximum Gasteiger partial charge on any atom is 0.471 e. The van der Waals surface area contributed by atoms with Gasteiger partial charge in [-0.15, -0.1) is 0 Å². The van der Waals surface area contributed by atoms with Crippen LogP contribution in [0.1, 0.15) is 29.8 Å². The van der Waals surface area contributed by atoms with Crippen LogP contribution in [0.5, 0.6) is 0 Å². The number of amides is 1. The highest BCUT2D eigenvalue weighted by atomic mass is 35.5. The summed E-state index contributed by atoms with van der Waals surface area (Å²) in [5.74, 6) is -2.64. The molecule has 3 nitrogen and oxygen atoms in total. The van der Waals surface area contributed by atoms with Crippen molar-refractivity contribution in [2.75, 3.05) is 5.32 Å². The number of hydrogen-bond donors (Lipinski definition) is 1. The summed E-state index contributed by atoms with van der Waals surface area (Å²) in [4.78, 5) is 22.3. The van der Waals surface area contributed by atoms with Gasteiger partial charge in [0.05, 0.1) is 10.7 Å². The van der Waals surface area contributed by atoms with E-state index in [9.17, 15) is 22.8 Å². The Balaban J connectivity index is 3.27. The summed E-state index contributed by atoms with van der Waals surface area (Å²) in [6.07, 6.45) is -4.48. The quantitative estimate of drug-likeness (QED) is 0.865. The first-order valence-corrected chi connectivity index (χ1v) is 5.76. The summed E-state index contributed by atoms with van der Waals surface area (Å²) in [7, 11) is 0. The average Bonchev–Trinajstić information content (AvgIpc) is 2.29. The molecule has 1 rings (SSSR count). The van der Waals surface area contributed by atoms with Gasteiger partial charge >= 0.3 is 12.1 Å². The molecule has 0 fully saturated rings. The smallest absolute Gasteiger partial charge is 0.316 e. The second-order valence-corrected chi connectivity index (χ2v) is 4.27. The molecule has 0 heterocycles. The minimum Gasteiger partial charge on any atom is -0.316 e. The topological polar surface area (TPSA) is 46.2 Å². The lowest BCUT2D eigenvalue weighted by atomic mass is 10.0. The van der Waals surface area contributed by atoms with Crippen LogP contribution in [0.3, 0.4) is 0 Å². The molecule has 0 bridgehead atoms. The van der Waals surface area contributed by atoms with Crippen LogP contribution in [-0.4, -0.2) is 17.9 Å². The van der Waals surface area contributed by atoms with Crippen molar-refractivity contribution in [1.82, 2.24) is 0 Å². The number of carbonyl (C=O) groups excluding carboxylic acids is 2. The van der Waals surface area contributed by atoms with E-state index in [2.05, 4.69) is 0 Å². The van der Waals surface area contributed by atoms with E-state index in [1.54, 1.807) is 5.32 Å². The monoisotopic (exact) mass is 293 g/mol. The number of benzene rings is 1. The Labute approximate surface area is 112 Å². The molecule has 0 aliphatic rings. The maximum atomic E-state index is 12.2. The van der Waals surface area contributed by atoms with Gasteiger partial charge in [0.25, 0.3) is 0 Å². The van der Waals surface area contributed by atoms with Gasteiger partial charge < -0.3 is 5.32 Å². The Hall–Kier alpha value is -1.56. The van der Waals surface area contributed by atoms with Crippen LogP contribution in [0.25, 0.3) is 0 Å². The van der Waals surface area contributed by atoms with E-state index in [0.717, 1.165) is 0 Å². The molecule has 0 spiro atoms. The molecule has 0 aliphatic heterocycles. The van der Waals surface area contributed by atoms with E-state index in [1.165, 1.54) is 19.1 Å². The summed E-state index contributed by atoms with van der Waals surface area (Å²) in [5.41, 5.74) is 0.343. The first-order valence-electron chi connectivity index (χ1n) is 5.38. The second-order valence-electron chi connectivity index (χ2n) is 3.86. The van der Waals surface area contributed by atoms with Crippen molar-refractivity contribution in [2.45, 2.75) is 26.4 Å². The summed E-state index contributed by atoms with van der Waals surface area (Å²) in [5, 5.41) is 1.54. The van der Waals surface area contributed by atoms with Gasteiger partial charge in [-0.2, -0.15) is 13.2 Å². The number of carbonyl (C=O) groups is 2. The SMILES string of the molecule is CCc1cc(Cl)c(NC(=O)C(F)(F)F)c(C(C)=O)c1. The van der Waals surface area contributed by atoms with Crippen molar-refractivity contribution in [3.63, 3.8) is 0 Å². The molecule has 0 saturated heterocycles. The molecule has 0 saturated carbocycles. The van der Waals surface area contributed by atoms with Gasteiger partial charge in [0, 0.05) is 5.56 Å². The molecule has 1 N–H and O–H groups in total. The third kappa shape index (κ3) is 3.70. The van der Waals surface area contributed by atoms with E-state index < -0.39 is 17.9 Å². The van der Waals surface area contributed by atoms with Gasteiger partial charge in [0.15, 0.2) is 5.78 Å². The fraction of sp³-hybridized carbons (Fsp3) is 0.333. The van der Waals surface area contributed by atoms with Gasteiger partial charge in [-0.05, 0) is 31.0 Å². The van der Waals surface area contributed by atoms with Gasteiger partial charge in [-0.1, -0.05) is 18.5 Å². The van der Waals surface area contributed by atoms with Crippen molar-refractivity contribution in [1.29, 1.82) is 0 Å². The minimum absolute atomic E-state index is 0.0399. The Bertz CT molecular complexity index is 526. The van der Waals surface area contributed by atoms with Crippen LogP contribution >= 0.6 is 11.6 Å². The number of halogens is 4. The zero-order valence-electron chi connectivity index (χ0n) is 10.2. The fourth-order valence-corrected chi connectivity index (χ4v) is 1.75. The Kier molecular flexibility index (Phi) is 4.57. The standard InChI is InChI=1S/C12H11ClF3NO2/c1-3-7-4-8(6(2)18)10(9(13)5-7)17-11(19)12(14,15)16/h4-5H,3H2,1-2H3,(H,17,19). The lowest BCUT2D eigenvalue weighted by Gasteiger charge is -2.14. The minimum atomic E-state index is -5.04. The van der Waals surface area contributed by atoms with E-state index in [4.69, 9.17) is 11.6 Å². The Morgan fingerprint density at radius 3 is 2.32 bits per heavy atom. The maximum absolute atomic E-state index is 12.2. The van der Waals surface area contributed by atoms with Crippen LogP contribution in [-0.2, 0) is 11.2 Å². The van der Waals surface area contributed by atoms with Gasteiger partial charge in [0.1, 0.15) is 0 Å². The van der Waals surface area contributed by atoms with Gasteiger partial charge in [-0.25, -0.2) is 0 Å². The van der Waals surface area contributed by atoms with Crippen LogP contribution < -0.4 is 5.32 Å². The van der Waals surface area contributed by atoms with Crippen molar-refractivity contribution < 1.29 is 22.8 Å². The molecule has 0 aliphatic carbocycles. The number of ketones is 1. The molecule has 0 unspecified atom stereocenters. The Morgan fingerprint density at radius 1 is 1.32 bits per heavy atom. The third-order valence-electron chi connectivity index (χ3n) is 2.43. The molecular weight excluding hydrogens is 283 g/mol. The molecular formula is C12H11ClF3NO2. The first kappa shape index (κ1) is 15.5. The summed E-state index contributed by atoms with van der Waals surface area (Å²) < 4.78 is 36.6.